The first-order valence-corrected chi connectivity index (χ1v) is 6.75. The summed E-state index contributed by atoms with van der Waals surface area (Å²) in [5, 5.41) is 0. The summed E-state index contributed by atoms with van der Waals surface area (Å²) in [4.78, 5) is 11.6. The minimum atomic E-state index is -0.467. The first-order chi connectivity index (χ1) is 8.94. The van der Waals surface area contributed by atoms with E-state index in [0.717, 1.165) is 19.3 Å². The summed E-state index contributed by atoms with van der Waals surface area (Å²) in [6.45, 7) is 5.55. The van der Waals surface area contributed by atoms with Crippen LogP contribution in [0.25, 0.3) is 0 Å². The van der Waals surface area contributed by atoms with Gasteiger partial charge in [-0.25, -0.2) is 10.2 Å². The molecule has 0 spiro atoms. The number of rotatable bonds is 2. The third kappa shape index (κ3) is 4.24. The van der Waals surface area contributed by atoms with Crippen LogP contribution in [0.2, 0.25) is 0 Å². The highest BCUT2D eigenvalue weighted by molar-refractivity contribution is 5.67. The van der Waals surface area contributed by atoms with Crippen LogP contribution in [-0.4, -0.2) is 17.7 Å². The van der Waals surface area contributed by atoms with E-state index in [1.54, 1.807) is 0 Å². The van der Waals surface area contributed by atoms with Crippen LogP contribution < -0.4 is 10.9 Å². The van der Waals surface area contributed by atoms with E-state index in [1.165, 1.54) is 11.1 Å². The Morgan fingerprint density at radius 1 is 1.26 bits per heavy atom. The van der Waals surface area contributed by atoms with Crippen molar-refractivity contribution in [3.63, 3.8) is 0 Å². The van der Waals surface area contributed by atoms with Crippen molar-refractivity contribution in [2.45, 2.75) is 51.7 Å². The molecule has 0 saturated heterocycles. The summed E-state index contributed by atoms with van der Waals surface area (Å²) in [7, 11) is 0. The Kier molecular flexibility index (Phi) is 4.10. The molecule has 4 nitrogen and oxygen atoms in total. The zero-order chi connectivity index (χ0) is 13.9. The maximum Gasteiger partial charge on any atom is 0.422 e. The number of carbonyl (C=O) groups is 1. The maximum absolute atomic E-state index is 11.6. The Labute approximate surface area is 114 Å². The van der Waals surface area contributed by atoms with Gasteiger partial charge in [0.25, 0.3) is 0 Å². The molecular weight excluding hydrogens is 240 g/mol. The number of amides is 1. The molecule has 0 aliphatic heterocycles. The van der Waals surface area contributed by atoms with Crippen LogP contribution >= 0.6 is 0 Å². The lowest BCUT2D eigenvalue weighted by Gasteiger charge is -2.26. The van der Waals surface area contributed by atoms with E-state index in [9.17, 15) is 4.79 Å². The normalized spacial score (nSPS) is 18.6. The van der Waals surface area contributed by atoms with Crippen LogP contribution in [0.3, 0.4) is 0 Å². The van der Waals surface area contributed by atoms with Crippen molar-refractivity contribution in [1.29, 1.82) is 0 Å². The van der Waals surface area contributed by atoms with Gasteiger partial charge in [-0.3, -0.25) is 5.43 Å². The third-order valence-electron chi connectivity index (χ3n) is 3.12. The largest absolute Gasteiger partial charge is 0.443 e. The van der Waals surface area contributed by atoms with E-state index in [2.05, 4.69) is 35.1 Å². The number of nitrogens with one attached hydrogen (secondary N) is 2. The van der Waals surface area contributed by atoms with Gasteiger partial charge >= 0.3 is 6.09 Å². The maximum atomic E-state index is 11.6. The van der Waals surface area contributed by atoms with E-state index < -0.39 is 11.7 Å². The fourth-order valence-electron chi connectivity index (χ4n) is 2.29. The van der Waals surface area contributed by atoms with Crippen molar-refractivity contribution in [1.82, 2.24) is 10.9 Å². The van der Waals surface area contributed by atoms with Crippen LogP contribution in [0.1, 0.15) is 38.3 Å². The molecule has 1 aliphatic carbocycles. The van der Waals surface area contributed by atoms with Gasteiger partial charge in [0.15, 0.2) is 0 Å². The van der Waals surface area contributed by atoms with Crippen molar-refractivity contribution < 1.29 is 9.53 Å². The highest BCUT2D eigenvalue weighted by Crippen LogP contribution is 2.20. The Balaban J connectivity index is 1.81. The molecule has 1 aliphatic rings. The number of ether oxygens (including phenoxy) is 1. The zero-order valence-corrected chi connectivity index (χ0v) is 11.8. The molecule has 2 N–H and O–H groups in total. The lowest BCUT2D eigenvalue weighted by molar-refractivity contribution is 0.0486. The average molecular weight is 262 g/mol. The molecule has 1 amide bonds. The molecule has 19 heavy (non-hydrogen) atoms. The summed E-state index contributed by atoms with van der Waals surface area (Å²) in [5.41, 5.74) is 7.99. The number of carbonyl (C=O) groups excluding carboxylic acids is 1. The van der Waals surface area contributed by atoms with Crippen molar-refractivity contribution in [3.05, 3.63) is 35.4 Å². The smallest absolute Gasteiger partial charge is 0.422 e. The minimum absolute atomic E-state index is 0.266. The third-order valence-corrected chi connectivity index (χ3v) is 3.12. The van der Waals surface area contributed by atoms with Gasteiger partial charge in [0, 0.05) is 6.04 Å². The highest BCUT2D eigenvalue weighted by atomic mass is 16.6. The Morgan fingerprint density at radius 3 is 2.63 bits per heavy atom. The van der Waals surface area contributed by atoms with E-state index in [-0.39, 0.29) is 6.04 Å². The predicted octanol–water partition coefficient (Wildman–Crippen LogP) is 2.57. The molecule has 1 unspecified atom stereocenters. The number of hydrogen-bond donors (Lipinski definition) is 2. The second-order valence-corrected chi connectivity index (χ2v) is 5.98. The monoisotopic (exact) mass is 262 g/mol. The van der Waals surface area contributed by atoms with Crippen LogP contribution in [0.4, 0.5) is 4.79 Å². The lowest BCUT2D eigenvalue weighted by atomic mass is 9.89. The van der Waals surface area contributed by atoms with Crippen LogP contribution in [0, 0.1) is 0 Å². The number of fused-ring (bicyclic) bond motifs is 1. The van der Waals surface area contributed by atoms with Gasteiger partial charge in [0.05, 0.1) is 0 Å². The van der Waals surface area contributed by atoms with Gasteiger partial charge < -0.3 is 4.74 Å². The first kappa shape index (κ1) is 13.9. The molecule has 1 atom stereocenters. The zero-order valence-electron chi connectivity index (χ0n) is 11.8. The molecule has 1 aromatic carbocycles. The van der Waals surface area contributed by atoms with Crippen LogP contribution in [0.15, 0.2) is 24.3 Å². The van der Waals surface area contributed by atoms with Crippen molar-refractivity contribution >= 4 is 6.09 Å². The quantitative estimate of drug-likeness (QED) is 0.805. The molecule has 0 saturated carbocycles. The average Bonchev–Trinajstić information content (AvgIpc) is 2.34. The van der Waals surface area contributed by atoms with E-state index >= 15 is 0 Å². The Hall–Kier alpha value is -1.55. The highest BCUT2D eigenvalue weighted by Gasteiger charge is 2.20. The molecule has 0 aromatic heterocycles. The Bertz CT molecular complexity index is 452. The molecule has 104 valence electrons. The summed E-state index contributed by atoms with van der Waals surface area (Å²) in [5.74, 6) is 0. The van der Waals surface area contributed by atoms with Gasteiger partial charge in [-0.2, -0.15) is 0 Å². The lowest BCUT2D eigenvalue weighted by Crippen LogP contribution is -2.48. The van der Waals surface area contributed by atoms with Gasteiger partial charge in [0.1, 0.15) is 5.60 Å². The van der Waals surface area contributed by atoms with Gasteiger partial charge in [0.2, 0.25) is 0 Å². The Morgan fingerprint density at radius 2 is 1.95 bits per heavy atom. The summed E-state index contributed by atoms with van der Waals surface area (Å²) < 4.78 is 5.19. The van der Waals surface area contributed by atoms with Crippen molar-refractivity contribution in [3.8, 4) is 0 Å². The minimum Gasteiger partial charge on any atom is -0.443 e. The number of hydrazine groups is 1. The summed E-state index contributed by atoms with van der Waals surface area (Å²) >= 11 is 0. The molecule has 1 aromatic rings. The van der Waals surface area contributed by atoms with Crippen LogP contribution in [-0.2, 0) is 17.6 Å². The topological polar surface area (TPSA) is 50.4 Å². The van der Waals surface area contributed by atoms with Crippen molar-refractivity contribution in [2.24, 2.45) is 0 Å². The van der Waals surface area contributed by atoms with E-state index in [0.29, 0.717) is 0 Å². The fourth-order valence-corrected chi connectivity index (χ4v) is 2.29. The number of aryl methyl sites for hydroxylation is 1. The molecule has 4 heteroatoms. The van der Waals surface area contributed by atoms with Gasteiger partial charge in [-0.05, 0) is 51.2 Å². The first-order valence-electron chi connectivity index (χ1n) is 6.75. The molecule has 0 fully saturated rings. The van der Waals surface area contributed by atoms with Gasteiger partial charge in [-0.1, -0.05) is 24.3 Å². The van der Waals surface area contributed by atoms with Crippen molar-refractivity contribution in [2.75, 3.05) is 0 Å². The second kappa shape index (κ2) is 5.61. The predicted molar refractivity (Wildman–Crippen MR) is 74.8 cm³/mol. The fraction of sp³-hybridized carbons (Fsp3) is 0.533. The molecule has 2 rings (SSSR count). The SMILES string of the molecule is CC(C)(C)OC(=O)NNC1CCc2ccccc2C1. The second-order valence-electron chi connectivity index (χ2n) is 5.98. The summed E-state index contributed by atoms with van der Waals surface area (Å²) in [6.07, 6.45) is 2.58. The molecule has 0 heterocycles. The van der Waals surface area contributed by atoms with E-state index in [4.69, 9.17) is 4.74 Å². The van der Waals surface area contributed by atoms with Gasteiger partial charge in [-0.15, -0.1) is 0 Å². The summed E-state index contributed by atoms with van der Waals surface area (Å²) in [6, 6.07) is 8.72. The standard InChI is InChI=1S/C15H22N2O2/c1-15(2,3)19-14(18)17-16-13-9-8-11-6-4-5-7-12(11)10-13/h4-7,13,16H,8-10H2,1-3H3,(H,17,18). The molecular formula is C15H22N2O2. The number of benzene rings is 1. The molecule has 0 bridgehead atoms. The molecule has 0 radical (unpaired) electrons. The van der Waals surface area contributed by atoms with Crippen LogP contribution in [0.5, 0.6) is 0 Å². The number of hydrogen-bond acceptors (Lipinski definition) is 3. The van der Waals surface area contributed by atoms with E-state index in [1.807, 2.05) is 20.8 Å².